The maximum absolute atomic E-state index is 12.0. The number of oxime groups is 1. The predicted octanol–water partition coefficient (Wildman–Crippen LogP) is 2.27. The second-order valence-corrected chi connectivity index (χ2v) is 5.06. The fourth-order valence-corrected chi connectivity index (χ4v) is 1.49. The van der Waals surface area contributed by atoms with Crippen LogP contribution in [0, 0.1) is 0 Å². The van der Waals surface area contributed by atoms with Crippen molar-refractivity contribution in [3.8, 4) is 5.75 Å². The van der Waals surface area contributed by atoms with Gasteiger partial charge in [-0.25, -0.2) is 4.79 Å². The Morgan fingerprint density at radius 1 is 1.45 bits per heavy atom. The molecule has 0 fully saturated rings. The van der Waals surface area contributed by atoms with Crippen LogP contribution in [-0.2, 0) is 4.74 Å². The first kappa shape index (κ1) is 15.7. The summed E-state index contributed by atoms with van der Waals surface area (Å²) >= 11 is 0. The lowest BCUT2D eigenvalue weighted by Crippen LogP contribution is -2.34. The van der Waals surface area contributed by atoms with Crippen LogP contribution < -0.4 is 9.64 Å². The number of nitrogens with zero attached hydrogens (tertiary/aromatic N) is 3. The van der Waals surface area contributed by atoms with Gasteiger partial charge in [-0.3, -0.25) is 9.88 Å². The Kier molecular flexibility index (Phi) is 4.90. The van der Waals surface area contributed by atoms with Gasteiger partial charge in [0.1, 0.15) is 11.4 Å². The number of rotatable bonds is 3. The number of carbonyl (C=O) groups excluding carboxylic acids is 1. The molecule has 0 aromatic carbocycles. The molecule has 0 aliphatic rings. The first-order valence-electron chi connectivity index (χ1n) is 5.96. The summed E-state index contributed by atoms with van der Waals surface area (Å²) < 4.78 is 10.4. The number of amides is 1. The average Bonchev–Trinajstić information content (AvgIpc) is 2.36. The Hall–Kier alpha value is -2.31. The maximum Gasteiger partial charge on any atom is 0.414 e. The summed E-state index contributed by atoms with van der Waals surface area (Å²) in [6, 6.07) is 0. The summed E-state index contributed by atoms with van der Waals surface area (Å²) in [6.45, 7) is 5.33. The lowest BCUT2D eigenvalue weighted by molar-refractivity contribution is 0.0589. The SMILES string of the molecule is COc1cncc(N(C)C(=O)OC(C)(C)C)c1C=NO. The van der Waals surface area contributed by atoms with E-state index in [1.807, 2.05) is 0 Å². The number of hydrogen-bond acceptors (Lipinski definition) is 6. The van der Waals surface area contributed by atoms with Crippen molar-refractivity contribution in [3.63, 3.8) is 0 Å². The zero-order valence-electron chi connectivity index (χ0n) is 12.2. The van der Waals surface area contributed by atoms with Gasteiger partial charge in [0.05, 0.1) is 37.0 Å². The molecule has 0 radical (unpaired) electrons. The van der Waals surface area contributed by atoms with Crippen molar-refractivity contribution in [1.29, 1.82) is 0 Å². The van der Waals surface area contributed by atoms with E-state index in [-0.39, 0.29) is 0 Å². The van der Waals surface area contributed by atoms with E-state index in [1.54, 1.807) is 27.8 Å². The van der Waals surface area contributed by atoms with Crippen molar-refractivity contribution in [2.24, 2.45) is 5.16 Å². The number of anilines is 1. The molecular weight excluding hydrogens is 262 g/mol. The molecule has 110 valence electrons. The Bertz CT molecular complexity index is 509. The Morgan fingerprint density at radius 3 is 2.60 bits per heavy atom. The van der Waals surface area contributed by atoms with Crippen molar-refractivity contribution in [1.82, 2.24) is 4.98 Å². The summed E-state index contributed by atoms with van der Waals surface area (Å²) in [6.07, 6.45) is 3.56. The summed E-state index contributed by atoms with van der Waals surface area (Å²) in [5, 5.41) is 11.7. The third kappa shape index (κ3) is 3.84. The van der Waals surface area contributed by atoms with E-state index in [0.29, 0.717) is 17.0 Å². The highest BCUT2D eigenvalue weighted by Crippen LogP contribution is 2.26. The van der Waals surface area contributed by atoms with Crippen molar-refractivity contribution in [2.75, 3.05) is 19.1 Å². The lowest BCUT2D eigenvalue weighted by Gasteiger charge is -2.25. The third-order valence-electron chi connectivity index (χ3n) is 2.37. The van der Waals surface area contributed by atoms with Crippen LogP contribution in [0.25, 0.3) is 0 Å². The highest BCUT2D eigenvalue weighted by atomic mass is 16.6. The van der Waals surface area contributed by atoms with Crippen molar-refractivity contribution >= 4 is 18.0 Å². The van der Waals surface area contributed by atoms with Gasteiger partial charge >= 0.3 is 6.09 Å². The molecule has 0 spiro atoms. The van der Waals surface area contributed by atoms with Gasteiger partial charge in [0.25, 0.3) is 0 Å². The topological polar surface area (TPSA) is 84.2 Å². The zero-order valence-corrected chi connectivity index (χ0v) is 12.2. The van der Waals surface area contributed by atoms with Crippen LogP contribution in [0.4, 0.5) is 10.5 Å². The van der Waals surface area contributed by atoms with Gasteiger partial charge < -0.3 is 14.7 Å². The van der Waals surface area contributed by atoms with Crippen LogP contribution >= 0.6 is 0 Å². The van der Waals surface area contributed by atoms with Crippen LogP contribution in [0.2, 0.25) is 0 Å². The van der Waals surface area contributed by atoms with Gasteiger partial charge in [-0.15, -0.1) is 0 Å². The molecule has 7 nitrogen and oxygen atoms in total. The molecule has 0 unspecified atom stereocenters. The highest BCUT2D eigenvalue weighted by Gasteiger charge is 2.23. The van der Waals surface area contributed by atoms with E-state index < -0.39 is 11.7 Å². The number of carbonyl (C=O) groups is 1. The largest absolute Gasteiger partial charge is 0.494 e. The first-order valence-corrected chi connectivity index (χ1v) is 5.96. The minimum absolute atomic E-state index is 0.385. The van der Waals surface area contributed by atoms with E-state index in [0.717, 1.165) is 0 Å². The molecule has 1 rings (SSSR count). The predicted molar refractivity (Wildman–Crippen MR) is 74.8 cm³/mol. The maximum atomic E-state index is 12.0. The molecule has 7 heteroatoms. The molecule has 1 aromatic rings. The second kappa shape index (κ2) is 6.23. The monoisotopic (exact) mass is 281 g/mol. The van der Waals surface area contributed by atoms with Gasteiger partial charge in [0.15, 0.2) is 0 Å². The minimum Gasteiger partial charge on any atom is -0.494 e. The van der Waals surface area contributed by atoms with Gasteiger partial charge in [0, 0.05) is 7.05 Å². The average molecular weight is 281 g/mol. The molecule has 0 aliphatic heterocycles. The Morgan fingerprint density at radius 2 is 2.10 bits per heavy atom. The van der Waals surface area contributed by atoms with Crippen LogP contribution in [0.1, 0.15) is 26.3 Å². The molecule has 1 heterocycles. The Balaban J connectivity index is 3.15. The molecule has 1 N–H and O–H groups in total. The van der Waals surface area contributed by atoms with Gasteiger partial charge in [-0.05, 0) is 20.8 Å². The third-order valence-corrected chi connectivity index (χ3v) is 2.37. The van der Waals surface area contributed by atoms with Crippen LogP contribution in [0.3, 0.4) is 0 Å². The molecule has 0 atom stereocenters. The summed E-state index contributed by atoms with van der Waals surface area (Å²) in [5.74, 6) is 0.385. The van der Waals surface area contributed by atoms with E-state index in [9.17, 15) is 4.79 Å². The Labute approximate surface area is 117 Å². The molecule has 1 amide bonds. The summed E-state index contributed by atoms with van der Waals surface area (Å²) in [4.78, 5) is 17.3. The fourth-order valence-electron chi connectivity index (χ4n) is 1.49. The summed E-state index contributed by atoms with van der Waals surface area (Å²) in [5.41, 5.74) is 0.234. The van der Waals surface area contributed by atoms with Crippen LogP contribution in [0.5, 0.6) is 5.75 Å². The number of aromatic nitrogens is 1. The van der Waals surface area contributed by atoms with E-state index >= 15 is 0 Å². The number of methoxy groups -OCH3 is 1. The quantitative estimate of drug-likeness (QED) is 0.522. The molecular formula is C13H19N3O4. The molecule has 0 bridgehead atoms. The molecule has 0 saturated carbocycles. The zero-order chi connectivity index (χ0) is 15.3. The fraction of sp³-hybridized carbons (Fsp3) is 0.462. The van der Waals surface area contributed by atoms with Crippen LogP contribution in [-0.4, -0.2) is 42.3 Å². The number of hydrogen-bond donors (Lipinski definition) is 1. The van der Waals surface area contributed by atoms with E-state index in [2.05, 4.69) is 10.1 Å². The first-order chi connectivity index (χ1) is 9.30. The van der Waals surface area contributed by atoms with Crippen molar-refractivity contribution in [2.45, 2.75) is 26.4 Å². The van der Waals surface area contributed by atoms with Crippen LogP contribution in [0.15, 0.2) is 17.5 Å². The standard InChI is InChI=1S/C13H19N3O4/c1-13(2,3)20-12(17)16(4)10-7-14-8-11(19-5)9(10)6-15-18/h6-8,18H,1-5H3. The van der Waals surface area contributed by atoms with E-state index in [1.165, 1.54) is 30.6 Å². The minimum atomic E-state index is -0.608. The lowest BCUT2D eigenvalue weighted by atomic mass is 10.2. The smallest absolute Gasteiger partial charge is 0.414 e. The van der Waals surface area contributed by atoms with Gasteiger partial charge in [-0.2, -0.15) is 0 Å². The highest BCUT2D eigenvalue weighted by molar-refractivity contribution is 5.97. The normalized spacial score (nSPS) is 11.4. The van der Waals surface area contributed by atoms with Crippen molar-refractivity contribution in [3.05, 3.63) is 18.0 Å². The van der Waals surface area contributed by atoms with Gasteiger partial charge in [-0.1, -0.05) is 5.16 Å². The van der Waals surface area contributed by atoms with E-state index in [4.69, 9.17) is 14.7 Å². The summed E-state index contributed by atoms with van der Waals surface area (Å²) in [7, 11) is 3.00. The van der Waals surface area contributed by atoms with Gasteiger partial charge in [0.2, 0.25) is 0 Å². The van der Waals surface area contributed by atoms with Crippen molar-refractivity contribution < 1.29 is 19.5 Å². The molecule has 0 saturated heterocycles. The molecule has 0 aliphatic carbocycles. The number of pyridine rings is 1. The number of ether oxygens (including phenoxy) is 2. The molecule has 1 aromatic heterocycles. The molecule has 20 heavy (non-hydrogen) atoms. The second-order valence-electron chi connectivity index (χ2n) is 5.06.